The molecule has 5 nitrogen and oxygen atoms in total. The van der Waals surface area contributed by atoms with Crippen LogP contribution in [-0.4, -0.2) is 33.4 Å². The minimum atomic E-state index is 0.287. The van der Waals surface area contributed by atoms with Crippen LogP contribution in [0, 0.1) is 11.8 Å². The number of carbonyl (C=O) groups is 1. The van der Waals surface area contributed by atoms with Crippen molar-refractivity contribution in [2.75, 3.05) is 13.1 Å². The van der Waals surface area contributed by atoms with E-state index in [4.69, 9.17) is 9.40 Å². The zero-order chi connectivity index (χ0) is 24.2. The average Bonchev–Trinajstić information content (AvgIpc) is 3.29. The highest BCUT2D eigenvalue weighted by atomic mass is 79.9. The molecule has 0 unspecified atom stereocenters. The van der Waals surface area contributed by atoms with E-state index in [1.807, 2.05) is 18.2 Å². The normalized spacial score (nSPS) is 17.9. The summed E-state index contributed by atoms with van der Waals surface area (Å²) in [4.78, 5) is 19.8. The van der Waals surface area contributed by atoms with E-state index in [1.165, 1.54) is 0 Å². The van der Waals surface area contributed by atoms with Gasteiger partial charge in [-0.2, -0.15) is 0 Å². The molecule has 3 aromatic carbocycles. The number of amides is 1. The van der Waals surface area contributed by atoms with Gasteiger partial charge in [0.25, 0.3) is 0 Å². The van der Waals surface area contributed by atoms with Gasteiger partial charge in [0.1, 0.15) is 11.4 Å². The van der Waals surface area contributed by atoms with E-state index >= 15 is 0 Å². The van der Waals surface area contributed by atoms with Crippen LogP contribution in [0.2, 0.25) is 0 Å². The second-order valence-electron chi connectivity index (χ2n) is 10.1. The first kappa shape index (κ1) is 21.9. The fraction of sp³-hybridized carbons (Fsp3) is 0.267. The Balaban J connectivity index is 1.22. The lowest BCUT2D eigenvalue weighted by Crippen LogP contribution is -2.30. The van der Waals surface area contributed by atoms with Gasteiger partial charge < -0.3 is 13.9 Å². The average molecular weight is 540 g/mol. The number of aromatic nitrogens is 2. The Hall–Kier alpha value is -3.38. The summed E-state index contributed by atoms with van der Waals surface area (Å²) < 4.78 is 8.89. The first-order valence-corrected chi connectivity index (χ1v) is 13.4. The number of benzene rings is 3. The smallest absolute Gasteiger partial charge is 0.225 e. The number of hydrogen-bond donors (Lipinski definition) is 0. The molecule has 2 fully saturated rings. The van der Waals surface area contributed by atoms with Crippen LogP contribution in [-0.2, 0) is 11.3 Å². The monoisotopic (exact) mass is 539 g/mol. The zero-order valence-corrected chi connectivity index (χ0v) is 21.4. The maximum Gasteiger partial charge on any atom is 0.225 e. The molecular weight excluding hydrogens is 514 g/mol. The van der Waals surface area contributed by atoms with E-state index in [0.717, 1.165) is 87.9 Å². The lowest BCUT2D eigenvalue weighted by molar-refractivity contribution is -0.131. The number of rotatable bonds is 5. The lowest BCUT2D eigenvalue weighted by atomic mass is 10.0. The highest BCUT2D eigenvalue weighted by molar-refractivity contribution is 9.10. The number of carbonyl (C=O) groups excluding carboxylic acids is 1. The molecule has 5 aromatic rings. The SMILES string of the molecule is O=C(C1CC1)N1CC[C@@H](Cn2c(-c3ccc(-c4ccc5occc5c4)cc3)nc3cccc(Br)c32)C1. The van der Waals surface area contributed by atoms with Crippen molar-refractivity contribution < 1.29 is 9.21 Å². The van der Waals surface area contributed by atoms with E-state index in [2.05, 4.69) is 73.9 Å². The van der Waals surface area contributed by atoms with Crippen molar-refractivity contribution in [1.82, 2.24) is 14.5 Å². The molecule has 3 heterocycles. The number of fused-ring (bicyclic) bond motifs is 2. The predicted molar refractivity (Wildman–Crippen MR) is 145 cm³/mol. The third-order valence-corrected chi connectivity index (χ3v) is 8.25. The van der Waals surface area contributed by atoms with Crippen LogP contribution >= 0.6 is 15.9 Å². The van der Waals surface area contributed by atoms with Gasteiger partial charge >= 0.3 is 0 Å². The molecule has 1 saturated heterocycles. The molecule has 1 amide bonds. The van der Waals surface area contributed by atoms with E-state index in [1.54, 1.807) is 6.26 Å². The molecule has 0 radical (unpaired) electrons. The summed E-state index contributed by atoms with van der Waals surface area (Å²) in [5.74, 6) is 2.05. The zero-order valence-electron chi connectivity index (χ0n) is 19.9. The number of para-hydroxylation sites is 1. The molecule has 36 heavy (non-hydrogen) atoms. The summed E-state index contributed by atoms with van der Waals surface area (Å²) in [5.41, 5.74) is 6.43. The molecule has 1 atom stereocenters. The third kappa shape index (κ3) is 3.84. The fourth-order valence-corrected chi connectivity index (χ4v) is 6.10. The molecule has 0 bridgehead atoms. The standard InChI is InChI=1S/C30H26BrN3O2/c31-25-2-1-3-26-28(25)34(18-19-12-14-33(17-19)30(35)22-8-9-22)29(32-26)21-6-4-20(5-7-21)23-10-11-27-24(16-23)13-15-36-27/h1-7,10-11,13,15-16,19,22H,8-9,12,14,17-18H2/t19-/m1/s1. The molecule has 7 rings (SSSR count). The highest BCUT2D eigenvalue weighted by Crippen LogP contribution is 2.36. The van der Waals surface area contributed by atoms with Crippen molar-refractivity contribution in [1.29, 1.82) is 0 Å². The fourth-order valence-electron chi connectivity index (χ4n) is 5.53. The molecule has 2 aromatic heterocycles. The van der Waals surface area contributed by atoms with Crippen molar-refractivity contribution in [3.63, 3.8) is 0 Å². The van der Waals surface area contributed by atoms with E-state index in [9.17, 15) is 4.79 Å². The number of nitrogens with zero attached hydrogens (tertiary/aromatic N) is 3. The van der Waals surface area contributed by atoms with Crippen molar-refractivity contribution in [2.24, 2.45) is 11.8 Å². The summed E-state index contributed by atoms with van der Waals surface area (Å²) in [6, 6.07) is 23.1. The maximum absolute atomic E-state index is 12.6. The predicted octanol–water partition coefficient (Wildman–Crippen LogP) is 7.14. The van der Waals surface area contributed by atoms with Crippen LogP contribution in [0.1, 0.15) is 19.3 Å². The number of furan rings is 1. The molecule has 180 valence electrons. The summed E-state index contributed by atoms with van der Waals surface area (Å²) in [5, 5.41) is 1.11. The van der Waals surface area contributed by atoms with Gasteiger partial charge in [0.05, 0.1) is 17.3 Å². The summed E-state index contributed by atoms with van der Waals surface area (Å²) in [6.07, 6.45) is 4.90. The Morgan fingerprint density at radius 1 is 0.972 bits per heavy atom. The van der Waals surface area contributed by atoms with Gasteiger partial charge in [-0.15, -0.1) is 0 Å². The van der Waals surface area contributed by atoms with Gasteiger partial charge in [0.15, 0.2) is 0 Å². The summed E-state index contributed by atoms with van der Waals surface area (Å²) in [7, 11) is 0. The largest absolute Gasteiger partial charge is 0.464 e. The Bertz CT molecular complexity index is 1600. The Kier molecular flexibility index (Phi) is 5.24. The molecule has 1 aliphatic heterocycles. The van der Waals surface area contributed by atoms with Gasteiger partial charge in [-0.05, 0) is 82.6 Å². The van der Waals surface area contributed by atoms with Crippen LogP contribution in [0.5, 0.6) is 0 Å². The number of likely N-dealkylation sites (tertiary alicyclic amines) is 1. The summed E-state index contributed by atoms with van der Waals surface area (Å²) >= 11 is 3.77. The molecule has 0 spiro atoms. The number of imidazole rings is 1. The minimum absolute atomic E-state index is 0.287. The van der Waals surface area contributed by atoms with Crippen LogP contribution in [0.3, 0.4) is 0 Å². The van der Waals surface area contributed by atoms with E-state index in [0.29, 0.717) is 11.8 Å². The van der Waals surface area contributed by atoms with Crippen LogP contribution in [0.15, 0.2) is 81.9 Å². The Labute approximate surface area is 217 Å². The van der Waals surface area contributed by atoms with Crippen molar-refractivity contribution in [2.45, 2.75) is 25.8 Å². The Morgan fingerprint density at radius 2 is 1.78 bits per heavy atom. The van der Waals surface area contributed by atoms with Crippen LogP contribution < -0.4 is 0 Å². The molecule has 2 aliphatic rings. The first-order valence-electron chi connectivity index (χ1n) is 12.7. The molecule has 0 N–H and O–H groups in total. The Morgan fingerprint density at radius 3 is 2.61 bits per heavy atom. The highest BCUT2D eigenvalue weighted by Gasteiger charge is 2.36. The number of halogens is 1. The van der Waals surface area contributed by atoms with Crippen molar-refractivity contribution >= 4 is 43.8 Å². The minimum Gasteiger partial charge on any atom is -0.464 e. The van der Waals surface area contributed by atoms with Crippen LogP contribution in [0.4, 0.5) is 0 Å². The van der Waals surface area contributed by atoms with E-state index < -0.39 is 0 Å². The van der Waals surface area contributed by atoms with Crippen LogP contribution in [0.25, 0.3) is 44.5 Å². The van der Waals surface area contributed by atoms with Gasteiger partial charge in [0, 0.05) is 41.0 Å². The van der Waals surface area contributed by atoms with Crippen molar-refractivity contribution in [3.8, 4) is 22.5 Å². The lowest BCUT2D eigenvalue weighted by Gasteiger charge is -2.18. The van der Waals surface area contributed by atoms with E-state index in [-0.39, 0.29) is 5.92 Å². The second kappa shape index (κ2) is 8.63. The molecular formula is C30H26BrN3O2. The van der Waals surface area contributed by atoms with Crippen molar-refractivity contribution in [3.05, 3.63) is 77.5 Å². The van der Waals surface area contributed by atoms with Gasteiger partial charge in [-0.25, -0.2) is 4.98 Å². The molecule has 1 saturated carbocycles. The topological polar surface area (TPSA) is 51.3 Å². The van der Waals surface area contributed by atoms with Gasteiger partial charge in [-0.3, -0.25) is 4.79 Å². The second-order valence-corrected chi connectivity index (χ2v) is 11.0. The molecule has 6 heteroatoms. The molecule has 1 aliphatic carbocycles. The maximum atomic E-state index is 12.6. The van der Waals surface area contributed by atoms with Gasteiger partial charge in [-0.1, -0.05) is 36.4 Å². The third-order valence-electron chi connectivity index (χ3n) is 7.61. The quantitative estimate of drug-likeness (QED) is 0.238. The van der Waals surface area contributed by atoms with Gasteiger partial charge in [0.2, 0.25) is 5.91 Å². The number of hydrogen-bond acceptors (Lipinski definition) is 3. The first-order chi connectivity index (χ1) is 17.6. The summed E-state index contributed by atoms with van der Waals surface area (Å²) in [6.45, 7) is 2.56.